The number of aromatic nitrogens is 3. The molecule has 2 aromatic carbocycles. The second-order valence-electron chi connectivity index (χ2n) is 10.0. The smallest absolute Gasteiger partial charge is 0.270 e. The van der Waals surface area contributed by atoms with Crippen molar-refractivity contribution in [1.29, 1.82) is 0 Å². The van der Waals surface area contributed by atoms with E-state index in [1.165, 1.54) is 29.3 Å². The van der Waals surface area contributed by atoms with Crippen LogP contribution in [0.5, 0.6) is 0 Å². The lowest BCUT2D eigenvalue weighted by molar-refractivity contribution is 0.0713. The number of nitrogens with zero attached hydrogens (tertiary/aromatic N) is 4. The molecule has 4 aromatic rings. The summed E-state index contributed by atoms with van der Waals surface area (Å²) in [5.41, 5.74) is 1.38. The molecule has 1 fully saturated rings. The molecule has 2 aromatic heterocycles. The van der Waals surface area contributed by atoms with Crippen LogP contribution < -0.4 is 10.0 Å². The fourth-order valence-electron chi connectivity index (χ4n) is 4.97. The van der Waals surface area contributed by atoms with Crippen LogP contribution in [0.1, 0.15) is 52.0 Å². The summed E-state index contributed by atoms with van der Waals surface area (Å²) in [7, 11) is -7.52. The number of para-hydroxylation sites is 1. The van der Waals surface area contributed by atoms with E-state index in [4.69, 9.17) is 0 Å². The number of benzene rings is 2. The van der Waals surface area contributed by atoms with Gasteiger partial charge in [-0.3, -0.25) is 9.59 Å². The van der Waals surface area contributed by atoms with Gasteiger partial charge in [0, 0.05) is 25.5 Å². The Hall–Kier alpha value is -4.30. The molecule has 2 N–H and O–H groups in total. The second kappa shape index (κ2) is 11.5. The molecular formula is C28H30N6O6S2. The Labute approximate surface area is 243 Å². The van der Waals surface area contributed by atoms with Crippen molar-refractivity contribution in [1.82, 2.24) is 24.2 Å². The van der Waals surface area contributed by atoms with Gasteiger partial charge in [-0.1, -0.05) is 42.5 Å². The molecule has 14 heteroatoms. The quantitative estimate of drug-likeness (QED) is 0.306. The van der Waals surface area contributed by atoms with Crippen LogP contribution in [-0.4, -0.2) is 73.2 Å². The zero-order chi connectivity index (χ0) is 30.1. The van der Waals surface area contributed by atoms with Crippen LogP contribution in [0.2, 0.25) is 0 Å². The number of carbonyl (C=O) groups excluding carboxylic acids is 2. The van der Waals surface area contributed by atoms with Crippen LogP contribution in [0.15, 0.2) is 71.9 Å². The Morgan fingerprint density at radius 3 is 2.26 bits per heavy atom. The highest BCUT2D eigenvalue weighted by molar-refractivity contribution is 7.91. The number of sulfonamides is 1. The first kappa shape index (κ1) is 29.2. The van der Waals surface area contributed by atoms with Gasteiger partial charge in [0.05, 0.1) is 22.5 Å². The number of hydrogen-bond donors (Lipinski definition) is 2. The van der Waals surface area contributed by atoms with E-state index >= 15 is 0 Å². The number of nitrogens with one attached hydrogen (secondary N) is 2. The first-order chi connectivity index (χ1) is 20.0. The van der Waals surface area contributed by atoms with Crippen LogP contribution in [0.25, 0.3) is 5.65 Å². The highest BCUT2D eigenvalue weighted by atomic mass is 32.2. The van der Waals surface area contributed by atoms with Crippen molar-refractivity contribution in [3.8, 4) is 0 Å². The highest BCUT2D eigenvalue weighted by Gasteiger charge is 2.29. The summed E-state index contributed by atoms with van der Waals surface area (Å²) in [6.07, 6.45) is 5.05. The summed E-state index contributed by atoms with van der Waals surface area (Å²) in [6.45, 7) is 2.39. The average molecular weight is 611 g/mol. The Bertz CT molecular complexity index is 1870. The zero-order valence-electron chi connectivity index (χ0n) is 23.0. The number of likely N-dealkylation sites (tertiary alicyclic amines) is 1. The summed E-state index contributed by atoms with van der Waals surface area (Å²) < 4.78 is 52.2. The van der Waals surface area contributed by atoms with Crippen LogP contribution in [0.4, 0.5) is 11.5 Å². The van der Waals surface area contributed by atoms with Gasteiger partial charge in [0.25, 0.3) is 11.8 Å². The number of hydrogen-bond acceptors (Lipinski definition) is 9. The number of fused-ring (bicyclic) bond motifs is 1. The van der Waals surface area contributed by atoms with Gasteiger partial charge in [0.2, 0.25) is 10.0 Å². The maximum absolute atomic E-state index is 13.9. The lowest BCUT2D eigenvalue weighted by Gasteiger charge is -2.32. The number of rotatable bonds is 8. The molecule has 220 valence electrons. The van der Waals surface area contributed by atoms with E-state index in [0.29, 0.717) is 19.0 Å². The second-order valence-corrected chi connectivity index (χ2v) is 14.0. The largest absolute Gasteiger partial charge is 0.338 e. The van der Waals surface area contributed by atoms with E-state index in [1.54, 1.807) is 23.1 Å². The number of amides is 2. The Kier molecular flexibility index (Phi) is 8.01. The SMILES string of the molecule is CCS(=O)(=O)NC(=O)c1cnn2c(Nc3ccccc3S(C)(=O)=O)c(C(=O)N3CCC(c4ccccc4)CC3)cnc12. The topological polar surface area (TPSA) is 160 Å². The molecule has 3 heterocycles. The third kappa shape index (κ3) is 5.99. The van der Waals surface area contributed by atoms with Gasteiger partial charge in [-0.15, -0.1) is 0 Å². The van der Waals surface area contributed by atoms with E-state index in [9.17, 15) is 26.4 Å². The van der Waals surface area contributed by atoms with Gasteiger partial charge in [-0.2, -0.15) is 9.61 Å². The summed E-state index contributed by atoms with van der Waals surface area (Å²) in [6, 6.07) is 16.3. The summed E-state index contributed by atoms with van der Waals surface area (Å²) >= 11 is 0. The Morgan fingerprint density at radius 2 is 1.60 bits per heavy atom. The lowest BCUT2D eigenvalue weighted by atomic mass is 9.89. The molecule has 0 spiro atoms. The number of carbonyl (C=O) groups is 2. The summed E-state index contributed by atoms with van der Waals surface area (Å²) in [5.74, 6) is -1.17. The van der Waals surface area contributed by atoms with Crippen LogP contribution in [0.3, 0.4) is 0 Å². The molecule has 0 saturated carbocycles. The fourth-order valence-corrected chi connectivity index (χ4v) is 6.35. The van der Waals surface area contributed by atoms with E-state index < -0.39 is 25.8 Å². The molecule has 1 saturated heterocycles. The summed E-state index contributed by atoms with van der Waals surface area (Å²) in [4.78, 5) is 32.7. The number of sulfone groups is 1. The van der Waals surface area contributed by atoms with Crippen LogP contribution in [0, 0.1) is 0 Å². The average Bonchev–Trinajstić information content (AvgIpc) is 3.42. The first-order valence-corrected chi connectivity index (χ1v) is 16.8. The minimum absolute atomic E-state index is 0.00352. The Morgan fingerprint density at radius 1 is 0.929 bits per heavy atom. The normalized spacial score (nSPS) is 14.6. The number of piperidine rings is 1. The molecule has 0 unspecified atom stereocenters. The molecule has 42 heavy (non-hydrogen) atoms. The number of anilines is 2. The molecular weight excluding hydrogens is 580 g/mol. The molecule has 2 amide bonds. The zero-order valence-corrected chi connectivity index (χ0v) is 24.7. The van der Waals surface area contributed by atoms with Gasteiger partial charge < -0.3 is 10.2 Å². The van der Waals surface area contributed by atoms with Crippen molar-refractivity contribution in [2.75, 3.05) is 30.4 Å². The monoisotopic (exact) mass is 610 g/mol. The predicted octanol–water partition coefficient (Wildman–Crippen LogP) is 2.98. The fraction of sp³-hybridized carbons (Fsp3) is 0.286. The molecule has 0 atom stereocenters. The van der Waals surface area contributed by atoms with Crippen molar-refractivity contribution >= 4 is 48.8 Å². The minimum Gasteiger partial charge on any atom is -0.338 e. The van der Waals surface area contributed by atoms with Crippen molar-refractivity contribution < 1.29 is 26.4 Å². The third-order valence-corrected chi connectivity index (χ3v) is 9.63. The lowest BCUT2D eigenvalue weighted by Crippen LogP contribution is -2.38. The van der Waals surface area contributed by atoms with Crippen LogP contribution >= 0.6 is 0 Å². The van der Waals surface area contributed by atoms with Crippen molar-refractivity contribution in [2.24, 2.45) is 0 Å². The van der Waals surface area contributed by atoms with E-state index in [-0.39, 0.29) is 44.8 Å². The molecule has 1 aliphatic heterocycles. The standard InChI is InChI=1S/C28H30N6O6S2/c1-3-42(39,40)32-27(35)21-18-30-34-25(21)29-17-22(26(34)31-23-11-7-8-12-24(23)41(2,37)38)28(36)33-15-13-20(14-16-33)19-9-5-4-6-10-19/h4-12,17-18,20,31H,3,13-16H2,1-2H3,(H,32,35). The summed E-state index contributed by atoms with van der Waals surface area (Å²) in [5, 5.41) is 7.28. The van der Waals surface area contributed by atoms with E-state index in [2.05, 4.69) is 27.5 Å². The van der Waals surface area contributed by atoms with Gasteiger partial charge in [0.1, 0.15) is 16.9 Å². The molecule has 0 aliphatic carbocycles. The minimum atomic E-state index is -3.86. The van der Waals surface area contributed by atoms with Crippen molar-refractivity contribution in [3.05, 3.63) is 83.7 Å². The predicted molar refractivity (Wildman–Crippen MR) is 157 cm³/mol. The molecule has 5 rings (SSSR count). The molecule has 0 radical (unpaired) electrons. The molecule has 0 bridgehead atoms. The highest BCUT2D eigenvalue weighted by Crippen LogP contribution is 2.31. The third-order valence-electron chi connectivity index (χ3n) is 7.22. The molecule has 1 aliphatic rings. The van der Waals surface area contributed by atoms with E-state index in [1.807, 2.05) is 22.9 Å². The maximum Gasteiger partial charge on any atom is 0.270 e. The van der Waals surface area contributed by atoms with Crippen molar-refractivity contribution in [2.45, 2.75) is 30.6 Å². The van der Waals surface area contributed by atoms with Gasteiger partial charge >= 0.3 is 0 Å². The van der Waals surface area contributed by atoms with Gasteiger partial charge in [-0.05, 0) is 43.4 Å². The molecule has 12 nitrogen and oxygen atoms in total. The van der Waals surface area contributed by atoms with E-state index in [0.717, 1.165) is 25.3 Å². The van der Waals surface area contributed by atoms with Gasteiger partial charge in [-0.25, -0.2) is 26.5 Å². The Balaban J connectivity index is 1.54. The first-order valence-electron chi connectivity index (χ1n) is 13.3. The van der Waals surface area contributed by atoms with Gasteiger partial charge in [0.15, 0.2) is 15.5 Å². The van der Waals surface area contributed by atoms with Crippen LogP contribution in [-0.2, 0) is 19.9 Å². The van der Waals surface area contributed by atoms with Crippen molar-refractivity contribution in [3.63, 3.8) is 0 Å². The maximum atomic E-state index is 13.9.